The molecular weight excluding hydrogens is 222 g/mol. The van der Waals surface area contributed by atoms with Crippen LogP contribution in [0.4, 0.5) is 0 Å². The summed E-state index contributed by atoms with van der Waals surface area (Å²) in [5.41, 5.74) is 0.470. The molecule has 0 aromatic carbocycles. The average molecular weight is 253 g/mol. The van der Waals surface area contributed by atoms with E-state index in [2.05, 4.69) is 50.0 Å². The smallest absolute Gasteiger partial charge is 0.0192 e. The Bertz CT molecular complexity index is 277. The highest BCUT2D eigenvalue weighted by Gasteiger charge is 2.41. The molecule has 1 heterocycles. The van der Waals surface area contributed by atoms with Gasteiger partial charge < -0.3 is 15.1 Å². The van der Waals surface area contributed by atoms with E-state index in [1.807, 2.05) is 0 Å². The second-order valence-corrected chi connectivity index (χ2v) is 7.14. The Labute approximate surface area is 113 Å². The summed E-state index contributed by atoms with van der Waals surface area (Å²) in [6.07, 6.45) is 2.76. The van der Waals surface area contributed by atoms with Crippen molar-refractivity contribution in [2.45, 2.75) is 45.7 Å². The van der Waals surface area contributed by atoms with E-state index in [0.29, 0.717) is 17.5 Å². The largest absolute Gasteiger partial charge is 0.316 e. The Balaban J connectivity index is 1.90. The molecule has 1 N–H and O–H groups in total. The molecule has 3 nitrogen and oxygen atoms in total. The van der Waals surface area contributed by atoms with Crippen LogP contribution in [-0.4, -0.2) is 62.2 Å². The molecule has 0 amide bonds. The first-order valence-electron chi connectivity index (χ1n) is 7.54. The Morgan fingerprint density at radius 3 is 2.61 bits per heavy atom. The molecule has 0 aromatic heterocycles. The number of likely N-dealkylation sites (N-methyl/N-ethyl adjacent to an activating group) is 1. The van der Waals surface area contributed by atoms with Gasteiger partial charge in [-0.1, -0.05) is 13.8 Å². The van der Waals surface area contributed by atoms with Gasteiger partial charge in [-0.05, 0) is 45.2 Å². The van der Waals surface area contributed by atoms with Gasteiger partial charge in [-0.25, -0.2) is 0 Å². The maximum Gasteiger partial charge on any atom is 0.0192 e. The average Bonchev–Trinajstić information content (AvgIpc) is 2.59. The number of hydrogen-bond acceptors (Lipinski definition) is 3. The maximum absolute atomic E-state index is 3.58. The minimum absolute atomic E-state index is 0.470. The van der Waals surface area contributed by atoms with Gasteiger partial charge in [-0.2, -0.15) is 0 Å². The molecule has 3 atom stereocenters. The number of piperazine rings is 1. The Hall–Kier alpha value is -0.120. The molecule has 1 aliphatic heterocycles. The van der Waals surface area contributed by atoms with Gasteiger partial charge >= 0.3 is 0 Å². The van der Waals surface area contributed by atoms with E-state index in [-0.39, 0.29) is 0 Å². The van der Waals surface area contributed by atoms with Crippen LogP contribution in [-0.2, 0) is 0 Å². The van der Waals surface area contributed by atoms with Gasteiger partial charge in [0.05, 0.1) is 0 Å². The summed E-state index contributed by atoms with van der Waals surface area (Å²) >= 11 is 0. The number of hydrogen-bond donors (Lipinski definition) is 1. The molecule has 3 heteroatoms. The van der Waals surface area contributed by atoms with E-state index in [0.717, 1.165) is 5.92 Å². The predicted octanol–water partition coefficient (Wildman–Crippen LogP) is 1.65. The topological polar surface area (TPSA) is 18.5 Å². The van der Waals surface area contributed by atoms with Gasteiger partial charge in [-0.3, -0.25) is 0 Å². The molecule has 0 radical (unpaired) electrons. The zero-order valence-electron chi connectivity index (χ0n) is 12.9. The summed E-state index contributed by atoms with van der Waals surface area (Å²) < 4.78 is 0. The van der Waals surface area contributed by atoms with Crippen molar-refractivity contribution < 1.29 is 0 Å². The Morgan fingerprint density at radius 2 is 2.00 bits per heavy atom. The van der Waals surface area contributed by atoms with Crippen LogP contribution in [0.3, 0.4) is 0 Å². The Kier molecular flexibility index (Phi) is 4.35. The highest BCUT2D eigenvalue weighted by Crippen LogP contribution is 2.41. The lowest BCUT2D eigenvalue weighted by Crippen LogP contribution is -2.52. The van der Waals surface area contributed by atoms with Crippen molar-refractivity contribution in [2.24, 2.45) is 11.3 Å². The van der Waals surface area contributed by atoms with Crippen LogP contribution in [0.2, 0.25) is 0 Å². The molecule has 2 fully saturated rings. The molecule has 18 heavy (non-hydrogen) atoms. The molecule has 2 aliphatic rings. The standard InChI is InChI=1S/C15H31N3/c1-12-10-18(9-8-17(12)5)11-13-6-7-15(2,3)14(13)16-4/h12-14,16H,6-11H2,1-5H3. The maximum atomic E-state index is 3.58. The molecule has 2 rings (SSSR count). The van der Waals surface area contributed by atoms with Crippen molar-refractivity contribution in [1.29, 1.82) is 0 Å². The summed E-state index contributed by atoms with van der Waals surface area (Å²) in [6, 6.07) is 1.40. The van der Waals surface area contributed by atoms with Crippen LogP contribution in [0.25, 0.3) is 0 Å². The lowest BCUT2D eigenvalue weighted by Gasteiger charge is -2.40. The fourth-order valence-corrected chi connectivity index (χ4v) is 3.96. The minimum Gasteiger partial charge on any atom is -0.316 e. The van der Waals surface area contributed by atoms with Gasteiger partial charge in [0.2, 0.25) is 0 Å². The second kappa shape index (κ2) is 5.48. The van der Waals surface area contributed by atoms with E-state index >= 15 is 0 Å². The monoisotopic (exact) mass is 253 g/mol. The van der Waals surface area contributed by atoms with Crippen LogP contribution in [0.15, 0.2) is 0 Å². The third-order valence-corrected chi connectivity index (χ3v) is 5.32. The van der Waals surface area contributed by atoms with Gasteiger partial charge in [-0.15, -0.1) is 0 Å². The van der Waals surface area contributed by atoms with Crippen LogP contribution in [0, 0.1) is 11.3 Å². The fourth-order valence-electron chi connectivity index (χ4n) is 3.96. The normalized spacial score (nSPS) is 38.2. The number of rotatable bonds is 3. The highest BCUT2D eigenvalue weighted by molar-refractivity contribution is 4.97. The number of nitrogens with zero attached hydrogens (tertiary/aromatic N) is 2. The van der Waals surface area contributed by atoms with Gasteiger partial charge in [0.1, 0.15) is 0 Å². The van der Waals surface area contributed by atoms with Crippen molar-refractivity contribution in [3.8, 4) is 0 Å². The molecule has 3 unspecified atom stereocenters. The lowest BCUT2D eigenvalue weighted by molar-refractivity contribution is 0.0855. The van der Waals surface area contributed by atoms with Crippen molar-refractivity contribution >= 4 is 0 Å². The van der Waals surface area contributed by atoms with Crippen LogP contribution < -0.4 is 5.32 Å². The van der Waals surface area contributed by atoms with Crippen LogP contribution >= 0.6 is 0 Å². The van der Waals surface area contributed by atoms with Crippen molar-refractivity contribution in [3.05, 3.63) is 0 Å². The van der Waals surface area contributed by atoms with E-state index in [9.17, 15) is 0 Å². The predicted molar refractivity (Wildman–Crippen MR) is 77.9 cm³/mol. The fraction of sp³-hybridized carbons (Fsp3) is 1.00. The Morgan fingerprint density at radius 1 is 1.28 bits per heavy atom. The first-order chi connectivity index (χ1) is 8.44. The van der Waals surface area contributed by atoms with Gasteiger partial charge in [0.15, 0.2) is 0 Å². The molecule has 1 saturated heterocycles. The SMILES string of the molecule is CNC1C(CN2CCN(C)C(C)C2)CCC1(C)C. The second-order valence-electron chi connectivity index (χ2n) is 7.14. The molecule has 1 saturated carbocycles. The van der Waals surface area contributed by atoms with Gasteiger partial charge in [0, 0.05) is 38.3 Å². The molecule has 0 spiro atoms. The van der Waals surface area contributed by atoms with Crippen LogP contribution in [0.1, 0.15) is 33.6 Å². The number of nitrogens with one attached hydrogen (secondary N) is 1. The van der Waals surface area contributed by atoms with Gasteiger partial charge in [0.25, 0.3) is 0 Å². The summed E-state index contributed by atoms with van der Waals surface area (Å²) in [5, 5.41) is 3.58. The van der Waals surface area contributed by atoms with E-state index in [1.165, 1.54) is 39.0 Å². The highest BCUT2D eigenvalue weighted by atomic mass is 15.3. The van der Waals surface area contributed by atoms with Crippen molar-refractivity contribution in [2.75, 3.05) is 40.3 Å². The summed E-state index contributed by atoms with van der Waals surface area (Å²) in [4.78, 5) is 5.16. The lowest BCUT2D eigenvalue weighted by atomic mass is 9.84. The first-order valence-corrected chi connectivity index (χ1v) is 7.54. The quantitative estimate of drug-likeness (QED) is 0.825. The molecule has 1 aliphatic carbocycles. The molecular formula is C15H31N3. The van der Waals surface area contributed by atoms with Crippen molar-refractivity contribution in [3.63, 3.8) is 0 Å². The summed E-state index contributed by atoms with van der Waals surface area (Å²) in [6.45, 7) is 12.2. The molecule has 0 bridgehead atoms. The van der Waals surface area contributed by atoms with E-state index < -0.39 is 0 Å². The third-order valence-electron chi connectivity index (χ3n) is 5.32. The zero-order chi connectivity index (χ0) is 13.3. The molecule has 0 aromatic rings. The van der Waals surface area contributed by atoms with E-state index in [1.54, 1.807) is 0 Å². The first kappa shape index (κ1) is 14.3. The van der Waals surface area contributed by atoms with E-state index in [4.69, 9.17) is 0 Å². The third kappa shape index (κ3) is 2.89. The minimum atomic E-state index is 0.470. The summed E-state index contributed by atoms with van der Waals surface area (Å²) in [7, 11) is 4.38. The zero-order valence-corrected chi connectivity index (χ0v) is 12.9. The molecule has 106 valence electrons. The van der Waals surface area contributed by atoms with Crippen molar-refractivity contribution in [1.82, 2.24) is 15.1 Å². The summed E-state index contributed by atoms with van der Waals surface area (Å²) in [5.74, 6) is 0.834. The van der Waals surface area contributed by atoms with Crippen LogP contribution in [0.5, 0.6) is 0 Å².